The second-order valence-corrected chi connectivity index (χ2v) is 9.59. The second-order valence-electron chi connectivity index (χ2n) is 9.59. The molecule has 0 aliphatic carbocycles. The van der Waals surface area contributed by atoms with Crippen LogP contribution in [0.4, 0.5) is 11.6 Å². The van der Waals surface area contributed by atoms with Crippen LogP contribution < -0.4 is 10.2 Å². The fraction of sp³-hybridized carbons (Fsp3) is 0.407. The van der Waals surface area contributed by atoms with E-state index >= 15 is 0 Å². The van der Waals surface area contributed by atoms with Gasteiger partial charge in [0.2, 0.25) is 0 Å². The molecule has 5 rings (SSSR count). The fourth-order valence-electron chi connectivity index (χ4n) is 5.06. The van der Waals surface area contributed by atoms with Crippen LogP contribution in [0.2, 0.25) is 0 Å². The van der Waals surface area contributed by atoms with Crippen LogP contribution in [-0.4, -0.2) is 38.1 Å². The predicted molar refractivity (Wildman–Crippen MR) is 137 cm³/mol. The summed E-state index contributed by atoms with van der Waals surface area (Å²) < 4.78 is 1.89. The van der Waals surface area contributed by atoms with E-state index in [-0.39, 0.29) is 6.04 Å². The van der Waals surface area contributed by atoms with Gasteiger partial charge >= 0.3 is 0 Å². The Kier molecular flexibility index (Phi) is 5.94. The normalized spacial score (nSPS) is 15.6. The Labute approximate surface area is 201 Å². The molecule has 1 fully saturated rings. The van der Waals surface area contributed by atoms with Crippen LogP contribution in [0, 0.1) is 20.8 Å². The summed E-state index contributed by atoms with van der Waals surface area (Å²) in [5.74, 6) is 2.38. The molecule has 4 aromatic rings. The first kappa shape index (κ1) is 22.3. The predicted octanol–water partition coefficient (Wildman–Crippen LogP) is 5.24. The summed E-state index contributed by atoms with van der Waals surface area (Å²) in [6.45, 7) is 10.5. The van der Waals surface area contributed by atoms with Gasteiger partial charge in [0.25, 0.3) is 0 Å². The minimum absolute atomic E-state index is 0.118. The van der Waals surface area contributed by atoms with E-state index in [1.165, 1.54) is 22.3 Å². The van der Waals surface area contributed by atoms with Gasteiger partial charge in [-0.25, -0.2) is 4.98 Å². The molecular formula is C27H33N7. The van der Waals surface area contributed by atoms with Gasteiger partial charge in [-0.2, -0.15) is 10.2 Å². The molecule has 3 aromatic heterocycles. The van der Waals surface area contributed by atoms with Crippen molar-refractivity contribution in [2.75, 3.05) is 23.3 Å². The Balaban J connectivity index is 1.40. The maximum absolute atomic E-state index is 4.81. The standard InChI is InChI=1S/C27H33N7/c1-17-7-6-8-23(18(17)2)19(3)30-27-24-13-26(28-15-25(24)20(4)31-32-27)34-11-9-21(10-12-34)22-14-29-33(5)16-22/h6-8,13-16,19,21H,9-12H2,1-5H3,(H,30,32)/t19-/m1/s1. The third-order valence-corrected chi connectivity index (χ3v) is 7.32. The molecule has 1 aromatic carbocycles. The number of rotatable bonds is 5. The molecule has 1 N–H and O–H groups in total. The zero-order valence-corrected chi connectivity index (χ0v) is 20.7. The lowest BCUT2D eigenvalue weighted by Gasteiger charge is -2.32. The third-order valence-electron chi connectivity index (χ3n) is 7.32. The summed E-state index contributed by atoms with van der Waals surface area (Å²) in [5, 5.41) is 19.0. The van der Waals surface area contributed by atoms with Gasteiger partial charge < -0.3 is 10.2 Å². The van der Waals surface area contributed by atoms with E-state index in [2.05, 4.69) is 76.7 Å². The van der Waals surface area contributed by atoms with Crippen LogP contribution in [0.25, 0.3) is 10.8 Å². The van der Waals surface area contributed by atoms with Crippen molar-refractivity contribution in [3.63, 3.8) is 0 Å². The lowest BCUT2D eigenvalue weighted by atomic mass is 9.91. The van der Waals surface area contributed by atoms with Crippen molar-refractivity contribution in [1.29, 1.82) is 0 Å². The second kappa shape index (κ2) is 9.05. The number of pyridine rings is 1. The molecule has 1 saturated heterocycles. The van der Waals surface area contributed by atoms with Crippen molar-refractivity contribution in [3.8, 4) is 0 Å². The number of anilines is 2. The minimum Gasteiger partial charge on any atom is -0.362 e. The largest absolute Gasteiger partial charge is 0.362 e. The number of piperidine rings is 1. The van der Waals surface area contributed by atoms with Gasteiger partial charge in [0.15, 0.2) is 5.82 Å². The van der Waals surface area contributed by atoms with E-state index in [0.29, 0.717) is 5.92 Å². The maximum atomic E-state index is 4.81. The molecule has 0 unspecified atom stereocenters. The number of aryl methyl sites for hydroxylation is 3. The quantitative estimate of drug-likeness (QED) is 0.444. The zero-order valence-electron chi connectivity index (χ0n) is 20.7. The summed E-state index contributed by atoms with van der Waals surface area (Å²) in [7, 11) is 1.98. The Morgan fingerprint density at radius 2 is 1.82 bits per heavy atom. The first-order valence-corrected chi connectivity index (χ1v) is 12.1. The molecule has 1 atom stereocenters. The first-order valence-electron chi connectivity index (χ1n) is 12.1. The highest BCUT2D eigenvalue weighted by atomic mass is 15.2. The molecule has 0 spiro atoms. The van der Waals surface area contributed by atoms with Crippen LogP contribution in [0.5, 0.6) is 0 Å². The number of hydrogen-bond acceptors (Lipinski definition) is 6. The average Bonchev–Trinajstić information content (AvgIpc) is 3.28. The number of hydrogen-bond donors (Lipinski definition) is 1. The monoisotopic (exact) mass is 455 g/mol. The van der Waals surface area contributed by atoms with Gasteiger partial charge in [-0.15, -0.1) is 5.10 Å². The third kappa shape index (κ3) is 4.22. The Hall–Kier alpha value is -3.48. The van der Waals surface area contributed by atoms with Crippen molar-refractivity contribution < 1.29 is 0 Å². The maximum Gasteiger partial charge on any atom is 0.157 e. The number of nitrogens with zero attached hydrogens (tertiary/aromatic N) is 6. The van der Waals surface area contributed by atoms with Crippen molar-refractivity contribution in [2.45, 2.75) is 52.5 Å². The molecule has 1 aliphatic rings. The van der Waals surface area contributed by atoms with Crippen LogP contribution in [0.1, 0.15) is 59.7 Å². The number of fused-ring (bicyclic) bond motifs is 1. The zero-order chi connectivity index (χ0) is 23.8. The lowest BCUT2D eigenvalue weighted by Crippen LogP contribution is -2.33. The summed E-state index contributed by atoms with van der Waals surface area (Å²) in [6, 6.07) is 8.75. The summed E-state index contributed by atoms with van der Waals surface area (Å²) in [5.41, 5.74) is 6.13. The molecule has 34 heavy (non-hydrogen) atoms. The van der Waals surface area contributed by atoms with Crippen LogP contribution in [0.3, 0.4) is 0 Å². The van der Waals surface area contributed by atoms with Crippen molar-refractivity contribution in [1.82, 2.24) is 25.0 Å². The van der Waals surface area contributed by atoms with Gasteiger partial charge in [0, 0.05) is 43.3 Å². The minimum atomic E-state index is 0.118. The topological polar surface area (TPSA) is 71.8 Å². The van der Waals surface area contributed by atoms with E-state index in [1.54, 1.807) is 0 Å². The highest BCUT2D eigenvalue weighted by Gasteiger charge is 2.23. The van der Waals surface area contributed by atoms with Crippen molar-refractivity contribution in [3.05, 3.63) is 70.8 Å². The molecular weight excluding hydrogens is 422 g/mol. The lowest BCUT2D eigenvalue weighted by molar-refractivity contribution is 0.502. The van der Waals surface area contributed by atoms with Gasteiger partial charge in [-0.3, -0.25) is 4.68 Å². The van der Waals surface area contributed by atoms with Gasteiger partial charge in [0.1, 0.15) is 5.82 Å². The van der Waals surface area contributed by atoms with Gasteiger partial charge in [-0.05, 0) is 74.8 Å². The molecule has 0 amide bonds. The van der Waals surface area contributed by atoms with E-state index in [0.717, 1.165) is 54.0 Å². The van der Waals surface area contributed by atoms with Crippen LogP contribution >= 0.6 is 0 Å². The number of nitrogens with one attached hydrogen (secondary N) is 1. The van der Waals surface area contributed by atoms with Crippen molar-refractivity contribution >= 4 is 22.4 Å². The highest BCUT2D eigenvalue weighted by Crippen LogP contribution is 2.33. The van der Waals surface area contributed by atoms with Crippen molar-refractivity contribution in [2.24, 2.45) is 7.05 Å². The Bertz CT molecular complexity index is 1320. The van der Waals surface area contributed by atoms with Gasteiger partial charge in [0.05, 0.1) is 17.9 Å². The molecule has 7 heteroatoms. The number of benzene rings is 1. The summed E-state index contributed by atoms with van der Waals surface area (Å²) in [4.78, 5) is 7.20. The SMILES string of the molecule is Cc1cccc([C@@H](C)Nc2nnc(C)c3cnc(N4CCC(c5cnn(C)c5)CC4)cc23)c1C. The molecule has 176 valence electrons. The molecule has 0 bridgehead atoms. The van der Waals surface area contributed by atoms with E-state index in [4.69, 9.17) is 4.98 Å². The molecule has 7 nitrogen and oxygen atoms in total. The molecule has 1 aliphatic heterocycles. The van der Waals surface area contributed by atoms with E-state index < -0.39 is 0 Å². The number of aromatic nitrogens is 5. The Morgan fingerprint density at radius 3 is 2.56 bits per heavy atom. The van der Waals surface area contributed by atoms with E-state index in [1.807, 2.05) is 31.0 Å². The molecule has 0 saturated carbocycles. The average molecular weight is 456 g/mol. The smallest absolute Gasteiger partial charge is 0.157 e. The summed E-state index contributed by atoms with van der Waals surface area (Å²) >= 11 is 0. The molecule has 4 heterocycles. The van der Waals surface area contributed by atoms with Gasteiger partial charge in [-0.1, -0.05) is 18.2 Å². The first-order chi connectivity index (χ1) is 16.4. The fourth-order valence-corrected chi connectivity index (χ4v) is 5.06. The summed E-state index contributed by atoms with van der Waals surface area (Å²) in [6.07, 6.45) is 8.31. The van der Waals surface area contributed by atoms with Crippen LogP contribution in [-0.2, 0) is 7.05 Å². The van der Waals surface area contributed by atoms with E-state index in [9.17, 15) is 0 Å². The molecule has 0 radical (unpaired) electrons. The Morgan fingerprint density at radius 1 is 1.03 bits per heavy atom. The van der Waals surface area contributed by atoms with Crippen LogP contribution in [0.15, 0.2) is 42.9 Å². The highest BCUT2D eigenvalue weighted by molar-refractivity contribution is 5.94.